The summed E-state index contributed by atoms with van der Waals surface area (Å²) in [4.78, 5) is 4.82. The SMILES string of the molecule is CCc1ccnc(-n2c3ccccc3c3ccc(Oc4cc(-n5nc(C)c(-c6c(C)cccc6C)c5CCC(C)C)cc(C(C)(C)C)c4)cc32)c1. The summed E-state index contributed by atoms with van der Waals surface area (Å²) >= 11 is 0. The van der Waals surface area contributed by atoms with E-state index in [0.29, 0.717) is 5.92 Å². The predicted octanol–water partition coefficient (Wildman–Crippen LogP) is 12.2. The molecule has 0 radical (unpaired) electrons. The molecule has 0 saturated heterocycles. The van der Waals surface area contributed by atoms with E-state index in [-0.39, 0.29) is 5.41 Å². The van der Waals surface area contributed by atoms with Crippen molar-refractivity contribution in [2.75, 3.05) is 0 Å². The zero-order chi connectivity index (χ0) is 36.0. The Morgan fingerprint density at radius 3 is 2.22 bits per heavy atom. The van der Waals surface area contributed by atoms with Crippen LogP contribution in [-0.4, -0.2) is 19.3 Å². The molecule has 260 valence electrons. The number of benzene rings is 4. The van der Waals surface area contributed by atoms with Gasteiger partial charge in [-0.3, -0.25) is 4.57 Å². The normalized spacial score (nSPS) is 12.0. The van der Waals surface area contributed by atoms with Gasteiger partial charge < -0.3 is 4.74 Å². The monoisotopic (exact) mass is 674 g/mol. The predicted molar refractivity (Wildman–Crippen MR) is 213 cm³/mol. The Morgan fingerprint density at radius 1 is 0.745 bits per heavy atom. The summed E-state index contributed by atoms with van der Waals surface area (Å²) < 4.78 is 11.3. The van der Waals surface area contributed by atoms with Crippen LogP contribution < -0.4 is 4.74 Å². The van der Waals surface area contributed by atoms with Gasteiger partial charge in [-0.2, -0.15) is 5.10 Å². The van der Waals surface area contributed by atoms with Crippen molar-refractivity contribution >= 4 is 21.8 Å². The van der Waals surface area contributed by atoms with Crippen LogP contribution in [0.25, 0.3) is 44.4 Å². The molecule has 0 fully saturated rings. The van der Waals surface area contributed by atoms with Crippen LogP contribution in [0.1, 0.15) is 81.6 Å². The van der Waals surface area contributed by atoms with E-state index in [2.05, 4.69) is 163 Å². The number of aromatic nitrogens is 4. The Kier molecular flexibility index (Phi) is 9.09. The number of nitrogens with zero attached hydrogens (tertiary/aromatic N) is 4. The molecule has 5 heteroatoms. The standard InChI is InChI=1S/C46H50N4O/c1-10-33-22-23-47-43(24-33)49-40-17-12-11-16-38(40)39-20-19-36(28-42(39)49)51-37-26-34(46(7,8)9)25-35(27-37)50-41(21-18-29(2)3)45(32(6)48-50)44-30(4)14-13-15-31(44)5/h11-17,19-20,22-29H,10,18,21H2,1-9H3. The minimum absolute atomic E-state index is 0.101. The van der Waals surface area contributed by atoms with E-state index in [4.69, 9.17) is 14.8 Å². The molecule has 0 aliphatic rings. The molecule has 0 spiro atoms. The molecule has 0 N–H and O–H groups in total. The first-order chi connectivity index (χ1) is 24.4. The Labute approximate surface area is 302 Å². The molecule has 51 heavy (non-hydrogen) atoms. The van der Waals surface area contributed by atoms with Gasteiger partial charge in [0, 0.05) is 34.7 Å². The van der Waals surface area contributed by atoms with Gasteiger partial charge in [-0.15, -0.1) is 0 Å². The van der Waals surface area contributed by atoms with Gasteiger partial charge >= 0.3 is 0 Å². The fraction of sp³-hybridized carbons (Fsp3) is 0.304. The second-order valence-corrected chi connectivity index (χ2v) is 15.5. The first-order valence-electron chi connectivity index (χ1n) is 18.4. The molecule has 0 amide bonds. The summed E-state index contributed by atoms with van der Waals surface area (Å²) in [7, 11) is 0. The third-order valence-electron chi connectivity index (χ3n) is 10.2. The molecule has 0 atom stereocenters. The van der Waals surface area contributed by atoms with Crippen molar-refractivity contribution in [2.24, 2.45) is 5.92 Å². The smallest absolute Gasteiger partial charge is 0.137 e. The van der Waals surface area contributed by atoms with Gasteiger partial charge in [0.2, 0.25) is 0 Å². The first kappa shape index (κ1) is 34.3. The molecule has 7 rings (SSSR count). The molecule has 3 aromatic heterocycles. The van der Waals surface area contributed by atoms with Gasteiger partial charge in [-0.05, 0) is 122 Å². The molecule has 0 aliphatic heterocycles. The van der Waals surface area contributed by atoms with Crippen LogP contribution in [0, 0.1) is 26.7 Å². The van der Waals surface area contributed by atoms with Crippen molar-refractivity contribution in [2.45, 2.75) is 87.0 Å². The van der Waals surface area contributed by atoms with E-state index in [1.165, 1.54) is 49.8 Å². The van der Waals surface area contributed by atoms with E-state index >= 15 is 0 Å². The number of para-hydroxylation sites is 1. The molecule has 0 unspecified atom stereocenters. The highest BCUT2D eigenvalue weighted by Crippen LogP contribution is 2.39. The number of fused-ring (bicyclic) bond motifs is 3. The van der Waals surface area contributed by atoms with Crippen molar-refractivity contribution in [3.63, 3.8) is 0 Å². The van der Waals surface area contributed by atoms with Crippen molar-refractivity contribution in [1.82, 2.24) is 19.3 Å². The fourth-order valence-corrected chi connectivity index (χ4v) is 7.38. The lowest BCUT2D eigenvalue weighted by molar-refractivity contribution is 0.478. The highest BCUT2D eigenvalue weighted by Gasteiger charge is 2.24. The summed E-state index contributed by atoms with van der Waals surface area (Å²) in [5, 5.41) is 7.63. The number of pyridine rings is 1. The average Bonchev–Trinajstić information content (AvgIpc) is 3.60. The zero-order valence-electron chi connectivity index (χ0n) is 31.6. The lowest BCUT2D eigenvalue weighted by Gasteiger charge is -2.22. The Bertz CT molecular complexity index is 2360. The summed E-state index contributed by atoms with van der Waals surface area (Å²) in [6, 6.07) is 32.5. The third-order valence-corrected chi connectivity index (χ3v) is 10.2. The molecular weight excluding hydrogens is 625 g/mol. The Balaban J connectivity index is 1.38. The Morgan fingerprint density at radius 2 is 1.49 bits per heavy atom. The number of ether oxygens (including phenoxy) is 1. The maximum absolute atomic E-state index is 6.84. The topological polar surface area (TPSA) is 44.9 Å². The lowest BCUT2D eigenvalue weighted by Crippen LogP contribution is -2.13. The highest BCUT2D eigenvalue weighted by molar-refractivity contribution is 6.09. The number of rotatable bonds is 9. The molecule has 4 aromatic carbocycles. The second-order valence-electron chi connectivity index (χ2n) is 15.5. The van der Waals surface area contributed by atoms with Crippen molar-refractivity contribution in [1.29, 1.82) is 0 Å². The van der Waals surface area contributed by atoms with Gasteiger partial charge in [0.1, 0.15) is 17.3 Å². The average molecular weight is 675 g/mol. The van der Waals surface area contributed by atoms with E-state index < -0.39 is 0 Å². The third kappa shape index (κ3) is 6.58. The molecular formula is C46H50N4O. The molecule has 5 nitrogen and oxygen atoms in total. The van der Waals surface area contributed by atoms with Gasteiger partial charge in [0.15, 0.2) is 0 Å². The van der Waals surface area contributed by atoms with Crippen LogP contribution in [0.2, 0.25) is 0 Å². The van der Waals surface area contributed by atoms with E-state index in [1.807, 2.05) is 6.20 Å². The summed E-state index contributed by atoms with van der Waals surface area (Å²) in [6.45, 7) is 20.1. The van der Waals surface area contributed by atoms with Crippen LogP contribution in [0.3, 0.4) is 0 Å². The highest BCUT2D eigenvalue weighted by atomic mass is 16.5. The maximum atomic E-state index is 6.84. The minimum Gasteiger partial charge on any atom is -0.457 e. The molecule has 0 saturated carbocycles. The number of aryl methyl sites for hydroxylation is 4. The summed E-state index contributed by atoms with van der Waals surface area (Å²) in [5.74, 6) is 3.06. The molecule has 7 aromatic rings. The molecule has 0 aliphatic carbocycles. The van der Waals surface area contributed by atoms with Crippen molar-refractivity contribution in [3.8, 4) is 34.1 Å². The van der Waals surface area contributed by atoms with Crippen molar-refractivity contribution < 1.29 is 4.74 Å². The van der Waals surface area contributed by atoms with Gasteiger partial charge in [0.05, 0.1) is 28.1 Å². The lowest BCUT2D eigenvalue weighted by atomic mass is 9.86. The van der Waals surface area contributed by atoms with Crippen molar-refractivity contribution in [3.05, 3.63) is 131 Å². The largest absolute Gasteiger partial charge is 0.457 e. The summed E-state index contributed by atoms with van der Waals surface area (Å²) in [5.41, 5.74) is 13.0. The number of hydrogen-bond donors (Lipinski definition) is 0. The first-order valence-corrected chi connectivity index (χ1v) is 18.4. The van der Waals surface area contributed by atoms with E-state index in [1.54, 1.807) is 0 Å². The quantitative estimate of drug-likeness (QED) is 0.153. The summed E-state index contributed by atoms with van der Waals surface area (Å²) in [6.07, 6.45) is 4.88. The van der Waals surface area contributed by atoms with Crippen LogP contribution in [0.15, 0.2) is 97.2 Å². The van der Waals surface area contributed by atoms with Crippen LogP contribution >= 0.6 is 0 Å². The molecule has 3 heterocycles. The zero-order valence-corrected chi connectivity index (χ0v) is 31.6. The number of hydrogen-bond acceptors (Lipinski definition) is 3. The minimum atomic E-state index is -0.101. The van der Waals surface area contributed by atoms with E-state index in [9.17, 15) is 0 Å². The van der Waals surface area contributed by atoms with Crippen LogP contribution in [0.4, 0.5) is 0 Å². The van der Waals surface area contributed by atoms with Gasteiger partial charge in [-0.25, -0.2) is 9.67 Å². The van der Waals surface area contributed by atoms with Crippen LogP contribution in [-0.2, 0) is 18.3 Å². The second kappa shape index (κ2) is 13.5. The Hall–Kier alpha value is -5.16. The fourth-order valence-electron chi connectivity index (χ4n) is 7.38. The maximum Gasteiger partial charge on any atom is 0.137 e. The van der Waals surface area contributed by atoms with E-state index in [0.717, 1.165) is 59.0 Å². The van der Waals surface area contributed by atoms with Gasteiger partial charge in [-0.1, -0.05) is 77.9 Å². The molecule has 0 bridgehead atoms. The van der Waals surface area contributed by atoms with Crippen LogP contribution in [0.5, 0.6) is 11.5 Å². The van der Waals surface area contributed by atoms with Gasteiger partial charge in [0.25, 0.3) is 0 Å².